The zero-order valence-electron chi connectivity index (χ0n) is 12.0. The zero-order valence-corrected chi connectivity index (χ0v) is 12.8. The Kier molecular flexibility index (Phi) is 3.43. The minimum absolute atomic E-state index is 0.429. The average molecular weight is 300 g/mol. The molecule has 0 saturated heterocycles. The van der Waals surface area contributed by atoms with Gasteiger partial charge in [-0.15, -0.1) is 10.2 Å². The Morgan fingerprint density at radius 1 is 1.10 bits per heavy atom. The number of halogens is 1. The Morgan fingerprint density at radius 2 is 1.81 bits per heavy atom. The van der Waals surface area contributed by atoms with E-state index in [4.69, 9.17) is 11.6 Å². The minimum atomic E-state index is 0.429. The van der Waals surface area contributed by atoms with Crippen LogP contribution in [0, 0.1) is 20.8 Å². The van der Waals surface area contributed by atoms with Crippen LogP contribution in [-0.2, 0) is 0 Å². The number of benzene rings is 1. The van der Waals surface area contributed by atoms with Gasteiger partial charge in [0.05, 0.1) is 11.7 Å². The Morgan fingerprint density at radius 3 is 2.52 bits per heavy atom. The second kappa shape index (κ2) is 5.26. The van der Waals surface area contributed by atoms with Crippen molar-refractivity contribution in [2.75, 3.05) is 0 Å². The van der Waals surface area contributed by atoms with E-state index >= 15 is 0 Å². The summed E-state index contributed by atoms with van der Waals surface area (Å²) in [5.41, 5.74) is 2.82. The van der Waals surface area contributed by atoms with Crippen molar-refractivity contribution in [1.82, 2.24) is 19.9 Å². The van der Waals surface area contributed by atoms with Crippen LogP contribution in [-0.4, -0.2) is 26.1 Å². The van der Waals surface area contributed by atoms with Gasteiger partial charge in [-0.05, 0) is 39.0 Å². The Hall–Kier alpha value is -2.27. The lowest BCUT2D eigenvalue weighted by atomic mass is 10.1. The largest absolute Gasteiger partial charge is 0.235 e. The third-order valence-electron chi connectivity index (χ3n) is 3.22. The van der Waals surface area contributed by atoms with Crippen LogP contribution in [0.3, 0.4) is 0 Å². The maximum Gasteiger partial charge on any atom is 0.151 e. The number of hydrogen-bond donors (Lipinski definition) is 0. The molecule has 0 amide bonds. The van der Waals surface area contributed by atoms with E-state index in [-0.39, 0.29) is 0 Å². The first-order chi connectivity index (χ1) is 10.0. The molecule has 6 heteroatoms. The maximum absolute atomic E-state index is 6.22. The van der Waals surface area contributed by atoms with Gasteiger partial charge in [-0.1, -0.05) is 23.2 Å². The molecule has 0 unspecified atom stereocenters. The quantitative estimate of drug-likeness (QED) is 0.539. The molecule has 21 heavy (non-hydrogen) atoms. The van der Waals surface area contributed by atoms with Crippen LogP contribution in [0.4, 0.5) is 0 Å². The van der Waals surface area contributed by atoms with Crippen molar-refractivity contribution in [1.29, 1.82) is 0 Å². The number of aryl methyl sites for hydroxylation is 3. The molecule has 0 aliphatic rings. The smallest absolute Gasteiger partial charge is 0.151 e. The number of pyridine rings is 1. The summed E-state index contributed by atoms with van der Waals surface area (Å²) in [6.07, 6.45) is 1.68. The van der Waals surface area contributed by atoms with E-state index in [1.54, 1.807) is 10.9 Å². The average Bonchev–Trinajstić information content (AvgIpc) is 2.76. The summed E-state index contributed by atoms with van der Waals surface area (Å²) in [6.45, 7) is 5.74. The standard InChI is InChI=1S/C15H14ClN5/c1-9-4-5-14-12(6-9)7-13(15(16)18-14)8-17-21-10(2)19-20-11(21)3/h4-8H,1-3H3/b17-8+. The van der Waals surface area contributed by atoms with Crippen LogP contribution in [0.25, 0.3) is 10.9 Å². The molecule has 106 valence electrons. The van der Waals surface area contributed by atoms with E-state index in [2.05, 4.69) is 26.3 Å². The summed E-state index contributed by atoms with van der Waals surface area (Å²) in [5.74, 6) is 1.45. The van der Waals surface area contributed by atoms with Gasteiger partial charge in [-0.2, -0.15) is 5.10 Å². The van der Waals surface area contributed by atoms with Crippen LogP contribution >= 0.6 is 11.6 Å². The molecule has 1 aromatic carbocycles. The van der Waals surface area contributed by atoms with Crippen molar-refractivity contribution >= 4 is 28.7 Å². The lowest BCUT2D eigenvalue weighted by Crippen LogP contribution is -1.97. The van der Waals surface area contributed by atoms with Crippen molar-refractivity contribution in [3.05, 3.63) is 52.2 Å². The summed E-state index contributed by atoms with van der Waals surface area (Å²) < 4.78 is 1.66. The van der Waals surface area contributed by atoms with Crippen LogP contribution in [0.1, 0.15) is 22.8 Å². The lowest BCUT2D eigenvalue weighted by molar-refractivity contribution is 0.799. The second-order valence-electron chi connectivity index (χ2n) is 4.92. The molecule has 0 saturated carbocycles. The summed E-state index contributed by atoms with van der Waals surface area (Å²) in [7, 11) is 0. The summed E-state index contributed by atoms with van der Waals surface area (Å²) in [4.78, 5) is 4.40. The van der Waals surface area contributed by atoms with E-state index in [0.717, 1.165) is 28.1 Å². The van der Waals surface area contributed by atoms with Crippen LogP contribution in [0.2, 0.25) is 5.15 Å². The molecule has 0 aliphatic heterocycles. The monoisotopic (exact) mass is 299 g/mol. The SMILES string of the molecule is Cc1ccc2nc(Cl)c(/C=N/n3c(C)nnc3C)cc2c1. The molecule has 2 aromatic heterocycles. The molecule has 3 aromatic rings. The molecule has 5 nitrogen and oxygen atoms in total. The molecule has 2 heterocycles. The molecular formula is C15H14ClN5. The van der Waals surface area contributed by atoms with E-state index in [1.807, 2.05) is 39.0 Å². The van der Waals surface area contributed by atoms with E-state index in [9.17, 15) is 0 Å². The maximum atomic E-state index is 6.22. The fourth-order valence-corrected chi connectivity index (χ4v) is 2.32. The Balaban J connectivity index is 2.06. The Bertz CT molecular complexity index is 831. The highest BCUT2D eigenvalue weighted by Crippen LogP contribution is 2.20. The van der Waals surface area contributed by atoms with Crippen molar-refractivity contribution in [3.8, 4) is 0 Å². The summed E-state index contributed by atoms with van der Waals surface area (Å²) in [6, 6.07) is 8.04. The number of fused-ring (bicyclic) bond motifs is 1. The summed E-state index contributed by atoms with van der Waals surface area (Å²) >= 11 is 6.22. The van der Waals surface area contributed by atoms with Crippen molar-refractivity contribution in [2.45, 2.75) is 20.8 Å². The number of nitrogens with zero attached hydrogens (tertiary/aromatic N) is 5. The third-order valence-corrected chi connectivity index (χ3v) is 3.52. The topological polar surface area (TPSA) is 56.0 Å². The third kappa shape index (κ3) is 2.64. The molecule has 0 aliphatic carbocycles. The number of hydrogen-bond acceptors (Lipinski definition) is 4. The van der Waals surface area contributed by atoms with Crippen LogP contribution in [0.5, 0.6) is 0 Å². The van der Waals surface area contributed by atoms with Crippen LogP contribution in [0.15, 0.2) is 29.4 Å². The first kappa shape index (κ1) is 13.7. The molecule has 3 rings (SSSR count). The first-order valence-electron chi connectivity index (χ1n) is 6.54. The van der Waals surface area contributed by atoms with Crippen molar-refractivity contribution < 1.29 is 0 Å². The predicted molar refractivity (Wildman–Crippen MR) is 84.0 cm³/mol. The molecule has 0 radical (unpaired) electrons. The number of rotatable bonds is 2. The number of aromatic nitrogens is 4. The van der Waals surface area contributed by atoms with Gasteiger partial charge >= 0.3 is 0 Å². The van der Waals surface area contributed by atoms with E-state index in [1.165, 1.54) is 5.56 Å². The molecule has 0 fully saturated rings. The molecule has 0 N–H and O–H groups in total. The van der Waals surface area contributed by atoms with Crippen molar-refractivity contribution in [2.24, 2.45) is 5.10 Å². The molecule has 0 bridgehead atoms. The lowest BCUT2D eigenvalue weighted by Gasteiger charge is -2.03. The fraction of sp³-hybridized carbons (Fsp3) is 0.200. The Labute approximate surface area is 127 Å². The van der Waals surface area contributed by atoms with Gasteiger partial charge < -0.3 is 0 Å². The zero-order chi connectivity index (χ0) is 15.0. The van der Waals surface area contributed by atoms with Gasteiger partial charge in [-0.3, -0.25) is 0 Å². The second-order valence-corrected chi connectivity index (χ2v) is 5.27. The minimum Gasteiger partial charge on any atom is -0.235 e. The van der Waals surface area contributed by atoms with Gasteiger partial charge in [0.25, 0.3) is 0 Å². The first-order valence-corrected chi connectivity index (χ1v) is 6.92. The van der Waals surface area contributed by atoms with Gasteiger partial charge in [0.15, 0.2) is 11.6 Å². The van der Waals surface area contributed by atoms with Gasteiger partial charge in [0.2, 0.25) is 0 Å². The highest BCUT2D eigenvalue weighted by molar-refractivity contribution is 6.32. The van der Waals surface area contributed by atoms with Crippen LogP contribution < -0.4 is 0 Å². The van der Waals surface area contributed by atoms with E-state index < -0.39 is 0 Å². The van der Waals surface area contributed by atoms with Gasteiger partial charge in [0.1, 0.15) is 5.15 Å². The highest BCUT2D eigenvalue weighted by atomic mass is 35.5. The predicted octanol–water partition coefficient (Wildman–Crippen LogP) is 3.29. The normalized spacial score (nSPS) is 11.6. The summed E-state index contributed by atoms with van der Waals surface area (Å²) in [5, 5.41) is 13.8. The molecule has 0 atom stereocenters. The highest BCUT2D eigenvalue weighted by Gasteiger charge is 2.05. The fourth-order valence-electron chi connectivity index (χ4n) is 2.13. The molecule has 0 spiro atoms. The van der Waals surface area contributed by atoms with Gasteiger partial charge in [0, 0.05) is 10.9 Å². The van der Waals surface area contributed by atoms with E-state index in [0.29, 0.717) is 5.15 Å². The van der Waals surface area contributed by atoms with Gasteiger partial charge in [-0.25, -0.2) is 9.66 Å². The molecular weight excluding hydrogens is 286 g/mol. The van der Waals surface area contributed by atoms with Crippen molar-refractivity contribution in [3.63, 3.8) is 0 Å².